The normalized spacial score (nSPS) is 9.96. The molecule has 1 amide bonds. The lowest BCUT2D eigenvalue weighted by atomic mass is 10.1. The van der Waals surface area contributed by atoms with Crippen molar-refractivity contribution in [1.82, 2.24) is 0 Å². The van der Waals surface area contributed by atoms with Crippen molar-refractivity contribution in [2.45, 2.75) is 0 Å². The van der Waals surface area contributed by atoms with E-state index in [1.54, 1.807) is 6.07 Å². The molecular formula is C16H13NO6. The minimum Gasteiger partial charge on any atom is -0.496 e. The van der Waals surface area contributed by atoms with Gasteiger partial charge in [0, 0.05) is 11.8 Å². The van der Waals surface area contributed by atoms with E-state index < -0.39 is 17.8 Å². The maximum Gasteiger partial charge on any atom is 0.339 e. The minimum absolute atomic E-state index is 0.00118. The Morgan fingerprint density at radius 1 is 0.913 bits per heavy atom. The molecule has 2 aromatic carbocycles. The van der Waals surface area contributed by atoms with Gasteiger partial charge in [0.2, 0.25) is 0 Å². The van der Waals surface area contributed by atoms with Gasteiger partial charge in [0.1, 0.15) is 11.3 Å². The Balaban J connectivity index is 2.31. The van der Waals surface area contributed by atoms with E-state index in [9.17, 15) is 14.4 Å². The van der Waals surface area contributed by atoms with Crippen LogP contribution in [-0.4, -0.2) is 35.2 Å². The average molecular weight is 315 g/mol. The van der Waals surface area contributed by atoms with Crippen molar-refractivity contribution in [1.29, 1.82) is 0 Å². The number of carbonyl (C=O) groups excluding carboxylic acids is 1. The van der Waals surface area contributed by atoms with Crippen LogP contribution in [0.2, 0.25) is 0 Å². The molecule has 0 spiro atoms. The summed E-state index contributed by atoms with van der Waals surface area (Å²) in [6.07, 6.45) is 0. The quantitative estimate of drug-likeness (QED) is 0.780. The van der Waals surface area contributed by atoms with Gasteiger partial charge in [-0.1, -0.05) is 12.1 Å². The Morgan fingerprint density at radius 3 is 2.09 bits per heavy atom. The summed E-state index contributed by atoms with van der Waals surface area (Å²) in [5.74, 6) is -2.90. The number of aromatic carboxylic acids is 2. The first-order chi connectivity index (χ1) is 10.9. The van der Waals surface area contributed by atoms with Crippen LogP contribution in [0.15, 0.2) is 42.5 Å². The van der Waals surface area contributed by atoms with Crippen molar-refractivity contribution < 1.29 is 29.3 Å². The van der Waals surface area contributed by atoms with Gasteiger partial charge in [-0.2, -0.15) is 0 Å². The van der Waals surface area contributed by atoms with Crippen molar-refractivity contribution in [3.05, 3.63) is 59.2 Å². The highest BCUT2D eigenvalue weighted by Crippen LogP contribution is 2.24. The lowest BCUT2D eigenvalue weighted by Crippen LogP contribution is -2.16. The van der Waals surface area contributed by atoms with E-state index in [1.165, 1.54) is 43.5 Å². The van der Waals surface area contributed by atoms with E-state index in [0.29, 0.717) is 0 Å². The fourth-order valence-electron chi connectivity index (χ4n) is 2.01. The van der Waals surface area contributed by atoms with Crippen LogP contribution >= 0.6 is 0 Å². The smallest absolute Gasteiger partial charge is 0.339 e. The highest BCUT2D eigenvalue weighted by atomic mass is 16.5. The molecule has 3 N–H and O–H groups in total. The second-order valence-electron chi connectivity index (χ2n) is 4.53. The third-order valence-electron chi connectivity index (χ3n) is 3.09. The van der Waals surface area contributed by atoms with Crippen LogP contribution in [0.5, 0.6) is 5.75 Å². The molecule has 2 aromatic rings. The van der Waals surface area contributed by atoms with Crippen molar-refractivity contribution in [2.24, 2.45) is 0 Å². The van der Waals surface area contributed by atoms with Crippen molar-refractivity contribution >= 4 is 23.5 Å². The highest BCUT2D eigenvalue weighted by molar-refractivity contribution is 6.10. The summed E-state index contributed by atoms with van der Waals surface area (Å²) >= 11 is 0. The zero-order valence-corrected chi connectivity index (χ0v) is 12.1. The van der Waals surface area contributed by atoms with Gasteiger partial charge in [-0.3, -0.25) is 4.79 Å². The Labute approximate surface area is 131 Å². The predicted molar refractivity (Wildman–Crippen MR) is 81.3 cm³/mol. The predicted octanol–water partition coefficient (Wildman–Crippen LogP) is 2.34. The van der Waals surface area contributed by atoms with Gasteiger partial charge in [-0.25, -0.2) is 9.59 Å². The first-order valence-electron chi connectivity index (χ1n) is 6.49. The van der Waals surface area contributed by atoms with Crippen molar-refractivity contribution in [3.63, 3.8) is 0 Å². The third-order valence-corrected chi connectivity index (χ3v) is 3.09. The number of hydrogen-bond donors (Lipinski definition) is 3. The maximum atomic E-state index is 12.2. The van der Waals surface area contributed by atoms with Crippen molar-refractivity contribution in [3.8, 4) is 5.75 Å². The number of rotatable bonds is 5. The molecule has 0 aromatic heterocycles. The number of anilines is 1. The summed E-state index contributed by atoms with van der Waals surface area (Å²) in [4.78, 5) is 34.4. The number of carboxylic acid groups (broad SMARTS) is 2. The van der Waals surface area contributed by atoms with Crippen LogP contribution in [0.4, 0.5) is 5.69 Å². The van der Waals surface area contributed by atoms with Gasteiger partial charge < -0.3 is 20.3 Å². The lowest BCUT2D eigenvalue weighted by Gasteiger charge is -2.10. The second kappa shape index (κ2) is 6.61. The molecule has 0 heterocycles. The molecule has 0 saturated carbocycles. The molecule has 118 valence electrons. The number of hydrogen-bond acceptors (Lipinski definition) is 4. The van der Waals surface area contributed by atoms with Gasteiger partial charge in [0.25, 0.3) is 5.91 Å². The molecule has 0 aliphatic rings. The van der Waals surface area contributed by atoms with E-state index in [0.717, 1.165) is 0 Å². The van der Waals surface area contributed by atoms with Gasteiger partial charge >= 0.3 is 11.9 Å². The summed E-state index contributed by atoms with van der Waals surface area (Å²) in [6, 6.07) is 9.82. The van der Waals surface area contributed by atoms with Crippen LogP contribution in [0.3, 0.4) is 0 Å². The summed E-state index contributed by atoms with van der Waals surface area (Å²) in [7, 11) is 1.31. The fraction of sp³-hybridized carbons (Fsp3) is 0.0625. The van der Waals surface area contributed by atoms with Crippen LogP contribution in [0, 0.1) is 0 Å². The highest BCUT2D eigenvalue weighted by Gasteiger charge is 2.17. The molecule has 0 unspecified atom stereocenters. The minimum atomic E-state index is -1.21. The topological polar surface area (TPSA) is 113 Å². The first kappa shape index (κ1) is 16.0. The van der Waals surface area contributed by atoms with Crippen LogP contribution in [0.25, 0.3) is 0 Å². The van der Waals surface area contributed by atoms with Gasteiger partial charge in [-0.05, 0) is 24.3 Å². The molecule has 0 aliphatic heterocycles. The zero-order chi connectivity index (χ0) is 17.0. The SMILES string of the molecule is COc1cc(NC(=O)c2ccccc2C(=O)O)ccc1C(=O)O. The van der Waals surface area contributed by atoms with E-state index in [1.807, 2.05) is 0 Å². The summed E-state index contributed by atoms with van der Waals surface area (Å²) in [5, 5.41) is 20.6. The molecule has 7 nitrogen and oxygen atoms in total. The monoisotopic (exact) mass is 315 g/mol. The average Bonchev–Trinajstić information content (AvgIpc) is 2.54. The summed E-state index contributed by atoms with van der Waals surface area (Å²) < 4.78 is 4.97. The maximum absolute atomic E-state index is 12.2. The zero-order valence-electron chi connectivity index (χ0n) is 12.1. The third kappa shape index (κ3) is 3.46. The van der Waals surface area contributed by atoms with E-state index >= 15 is 0 Å². The molecule has 23 heavy (non-hydrogen) atoms. The van der Waals surface area contributed by atoms with Crippen molar-refractivity contribution in [2.75, 3.05) is 12.4 Å². The Morgan fingerprint density at radius 2 is 1.52 bits per heavy atom. The van der Waals surface area contributed by atoms with E-state index in [4.69, 9.17) is 14.9 Å². The van der Waals surface area contributed by atoms with E-state index in [-0.39, 0.29) is 28.1 Å². The molecule has 7 heteroatoms. The molecule has 0 radical (unpaired) electrons. The Bertz CT molecular complexity index is 784. The van der Waals surface area contributed by atoms with Gasteiger partial charge in [0.05, 0.1) is 18.2 Å². The molecule has 0 bridgehead atoms. The number of benzene rings is 2. The summed E-state index contributed by atoms with van der Waals surface area (Å²) in [6.45, 7) is 0. The molecular weight excluding hydrogens is 302 g/mol. The Kier molecular flexibility index (Phi) is 4.61. The number of ether oxygens (including phenoxy) is 1. The van der Waals surface area contributed by atoms with Gasteiger partial charge in [0.15, 0.2) is 0 Å². The number of methoxy groups -OCH3 is 1. The largest absolute Gasteiger partial charge is 0.496 e. The number of nitrogens with one attached hydrogen (secondary N) is 1. The second-order valence-corrected chi connectivity index (χ2v) is 4.53. The van der Waals surface area contributed by atoms with Gasteiger partial charge in [-0.15, -0.1) is 0 Å². The van der Waals surface area contributed by atoms with Crippen LogP contribution < -0.4 is 10.1 Å². The number of carbonyl (C=O) groups is 3. The lowest BCUT2D eigenvalue weighted by molar-refractivity contribution is 0.0682. The summed E-state index contributed by atoms with van der Waals surface area (Å²) in [5.41, 5.74) is 0.119. The Hall–Kier alpha value is -3.35. The number of carboxylic acids is 2. The molecule has 2 rings (SSSR count). The number of amides is 1. The first-order valence-corrected chi connectivity index (χ1v) is 6.49. The standard InChI is InChI=1S/C16H13NO6/c1-23-13-8-9(6-7-12(13)16(21)22)17-14(18)10-4-2-3-5-11(10)15(19)20/h2-8H,1H3,(H,17,18)(H,19,20)(H,21,22). The molecule has 0 saturated heterocycles. The van der Waals surface area contributed by atoms with Crippen LogP contribution in [-0.2, 0) is 0 Å². The molecule has 0 fully saturated rings. The van der Waals surface area contributed by atoms with E-state index in [2.05, 4.69) is 5.32 Å². The fourth-order valence-corrected chi connectivity index (χ4v) is 2.01. The molecule has 0 atom stereocenters. The molecule has 0 aliphatic carbocycles. The van der Waals surface area contributed by atoms with Crippen LogP contribution in [0.1, 0.15) is 31.1 Å².